The first-order valence-electron chi connectivity index (χ1n) is 13.0. The number of sulfonamides is 1. The Morgan fingerprint density at radius 1 is 0.975 bits per heavy atom. The Balaban J connectivity index is 1.43. The number of nitrogens with one attached hydrogen (secondary N) is 1. The summed E-state index contributed by atoms with van der Waals surface area (Å²) in [6.45, 7) is 1.47. The summed E-state index contributed by atoms with van der Waals surface area (Å²) in [5.41, 5.74) is 4.20. The van der Waals surface area contributed by atoms with Gasteiger partial charge in [0.25, 0.3) is 15.9 Å². The van der Waals surface area contributed by atoms with Crippen molar-refractivity contribution in [1.82, 2.24) is 14.7 Å². The van der Waals surface area contributed by atoms with Crippen LogP contribution in [0.15, 0.2) is 83.9 Å². The number of anilines is 1. The van der Waals surface area contributed by atoms with E-state index >= 15 is 0 Å². The number of hydrogen-bond acceptors (Lipinski definition) is 7. The number of halogens is 1. The number of methoxy groups -OCH3 is 1. The van der Waals surface area contributed by atoms with E-state index in [1.807, 2.05) is 36.4 Å². The van der Waals surface area contributed by atoms with Crippen molar-refractivity contribution in [2.75, 3.05) is 25.1 Å². The molecule has 0 radical (unpaired) electrons. The predicted molar refractivity (Wildman–Crippen MR) is 155 cm³/mol. The second-order valence-corrected chi connectivity index (χ2v) is 11.6. The van der Waals surface area contributed by atoms with Gasteiger partial charge in [-0.05, 0) is 72.7 Å². The minimum absolute atomic E-state index is 0.104. The molecule has 0 bridgehead atoms. The molecule has 0 unspecified atom stereocenters. The smallest absolute Gasteiger partial charge is 0.268 e. The first kappa shape index (κ1) is 27.6. The molecule has 0 aliphatic carbocycles. The fraction of sp³-hybridized carbons (Fsp3) is 0.233. The lowest BCUT2D eigenvalue weighted by atomic mass is 10.0. The van der Waals surface area contributed by atoms with Crippen LogP contribution in [-0.2, 0) is 35.7 Å². The van der Waals surface area contributed by atoms with Crippen LogP contribution in [0.4, 0.5) is 5.95 Å². The molecule has 0 saturated carbocycles. The molecule has 40 heavy (non-hydrogen) atoms. The summed E-state index contributed by atoms with van der Waals surface area (Å²) in [5.74, 6) is 0.453. The molecule has 3 aromatic carbocycles. The molecule has 4 aromatic rings. The van der Waals surface area contributed by atoms with Crippen LogP contribution >= 0.6 is 11.6 Å². The van der Waals surface area contributed by atoms with Gasteiger partial charge in [-0.3, -0.25) is 4.79 Å². The number of ether oxygens (including phenoxy) is 1. The van der Waals surface area contributed by atoms with Crippen molar-refractivity contribution in [2.45, 2.75) is 30.6 Å². The second-order valence-electron chi connectivity index (χ2n) is 9.53. The Morgan fingerprint density at radius 2 is 1.70 bits per heavy atom. The molecule has 1 aromatic heterocycles. The number of benzene rings is 3. The largest absolute Gasteiger partial charge is 0.497 e. The highest BCUT2D eigenvalue weighted by molar-refractivity contribution is 7.90. The van der Waals surface area contributed by atoms with E-state index < -0.39 is 15.9 Å². The van der Waals surface area contributed by atoms with Crippen LogP contribution in [0.25, 0.3) is 0 Å². The van der Waals surface area contributed by atoms with E-state index in [-0.39, 0.29) is 15.5 Å². The Labute approximate surface area is 239 Å². The first-order chi connectivity index (χ1) is 19.3. The third kappa shape index (κ3) is 6.43. The molecule has 5 rings (SSSR count). The summed E-state index contributed by atoms with van der Waals surface area (Å²) in [6.07, 6.45) is 4.11. The van der Waals surface area contributed by atoms with Crippen molar-refractivity contribution in [2.24, 2.45) is 0 Å². The molecule has 2 heterocycles. The summed E-state index contributed by atoms with van der Waals surface area (Å²) in [6, 6.07) is 21.8. The van der Waals surface area contributed by atoms with Crippen molar-refractivity contribution in [1.29, 1.82) is 0 Å². The average Bonchev–Trinajstić information content (AvgIpc) is 3.19. The molecule has 10 heteroatoms. The average molecular weight is 577 g/mol. The zero-order chi connectivity index (χ0) is 28.1. The van der Waals surface area contributed by atoms with Gasteiger partial charge in [-0.1, -0.05) is 54.1 Å². The lowest BCUT2D eigenvalue weighted by Crippen LogP contribution is -2.33. The molecule has 8 nitrogen and oxygen atoms in total. The van der Waals surface area contributed by atoms with E-state index in [1.165, 1.54) is 35.5 Å². The maximum Gasteiger partial charge on any atom is 0.268 e. The summed E-state index contributed by atoms with van der Waals surface area (Å²) < 4.78 is 33.4. The van der Waals surface area contributed by atoms with Crippen molar-refractivity contribution in [3.8, 4) is 5.75 Å². The highest BCUT2D eigenvalue weighted by atomic mass is 35.5. The van der Waals surface area contributed by atoms with Gasteiger partial charge in [-0.2, -0.15) is 0 Å². The number of hydrogen-bond donors (Lipinski definition) is 1. The fourth-order valence-corrected chi connectivity index (χ4v) is 6.03. The summed E-state index contributed by atoms with van der Waals surface area (Å²) in [4.78, 5) is 24.6. The van der Waals surface area contributed by atoms with Gasteiger partial charge in [-0.25, -0.2) is 23.1 Å². The Morgan fingerprint density at radius 3 is 2.40 bits per heavy atom. The first-order valence-corrected chi connectivity index (χ1v) is 14.8. The van der Waals surface area contributed by atoms with E-state index in [2.05, 4.69) is 26.7 Å². The number of rotatable bonds is 8. The number of nitrogens with zero attached hydrogens (tertiary/aromatic N) is 3. The number of aromatic nitrogens is 2. The normalized spacial score (nSPS) is 13.3. The monoisotopic (exact) mass is 576 g/mol. The van der Waals surface area contributed by atoms with Gasteiger partial charge in [0, 0.05) is 24.3 Å². The van der Waals surface area contributed by atoms with Crippen molar-refractivity contribution in [3.05, 3.63) is 112 Å². The number of carbonyl (C=O) groups excluding carboxylic acids is 1. The van der Waals surface area contributed by atoms with E-state index in [0.717, 1.165) is 37.2 Å². The van der Waals surface area contributed by atoms with Gasteiger partial charge < -0.3 is 9.64 Å². The maximum absolute atomic E-state index is 13.3. The minimum atomic E-state index is -4.16. The number of fused-ring (bicyclic) bond motifs is 1. The van der Waals surface area contributed by atoms with Gasteiger partial charge >= 0.3 is 0 Å². The summed E-state index contributed by atoms with van der Waals surface area (Å²) in [5, 5.41) is 0.251. The zero-order valence-corrected chi connectivity index (χ0v) is 23.6. The van der Waals surface area contributed by atoms with E-state index in [0.29, 0.717) is 24.5 Å². The highest BCUT2D eigenvalue weighted by Gasteiger charge is 2.24. The number of amides is 1. The van der Waals surface area contributed by atoms with Crippen LogP contribution in [0.2, 0.25) is 5.02 Å². The van der Waals surface area contributed by atoms with Gasteiger partial charge in [0.1, 0.15) is 5.75 Å². The molecular formula is C30H29ClN4O4S. The van der Waals surface area contributed by atoms with Crippen LogP contribution in [0.1, 0.15) is 32.7 Å². The third-order valence-corrected chi connectivity index (χ3v) is 8.48. The molecule has 206 valence electrons. The Hall–Kier alpha value is -3.95. The zero-order valence-electron chi connectivity index (χ0n) is 22.0. The van der Waals surface area contributed by atoms with Crippen molar-refractivity contribution < 1.29 is 17.9 Å². The molecule has 1 aliphatic heterocycles. The molecule has 0 spiro atoms. The van der Waals surface area contributed by atoms with Gasteiger partial charge in [-0.15, -0.1) is 0 Å². The van der Waals surface area contributed by atoms with Crippen LogP contribution in [0, 0.1) is 0 Å². The van der Waals surface area contributed by atoms with Crippen LogP contribution < -0.4 is 14.4 Å². The summed E-state index contributed by atoms with van der Waals surface area (Å²) in [7, 11) is -2.55. The molecule has 0 fully saturated rings. The third-order valence-electron chi connectivity index (χ3n) is 6.92. The maximum atomic E-state index is 13.3. The number of carbonyl (C=O) groups is 1. The lowest BCUT2D eigenvalue weighted by molar-refractivity contribution is 0.0979. The van der Waals surface area contributed by atoms with Crippen molar-refractivity contribution in [3.63, 3.8) is 0 Å². The minimum Gasteiger partial charge on any atom is -0.497 e. The molecular weight excluding hydrogens is 548 g/mol. The fourth-order valence-electron chi connectivity index (χ4n) is 4.77. The van der Waals surface area contributed by atoms with Crippen LogP contribution in [0.3, 0.4) is 0 Å². The predicted octanol–water partition coefficient (Wildman–Crippen LogP) is 4.65. The van der Waals surface area contributed by atoms with Crippen molar-refractivity contribution >= 4 is 33.5 Å². The molecule has 0 atom stereocenters. The highest BCUT2D eigenvalue weighted by Crippen LogP contribution is 2.22. The molecule has 1 aliphatic rings. The van der Waals surface area contributed by atoms with Gasteiger partial charge in [0.2, 0.25) is 5.95 Å². The molecule has 1 amide bonds. The summed E-state index contributed by atoms with van der Waals surface area (Å²) >= 11 is 5.97. The van der Waals surface area contributed by atoms with Crippen LogP contribution in [-0.4, -0.2) is 44.5 Å². The van der Waals surface area contributed by atoms with Crippen LogP contribution in [0.5, 0.6) is 5.75 Å². The molecule has 0 saturated heterocycles. The second kappa shape index (κ2) is 12.1. The van der Waals surface area contributed by atoms with E-state index in [9.17, 15) is 13.2 Å². The Kier molecular flexibility index (Phi) is 8.32. The topological polar surface area (TPSA) is 101 Å². The lowest BCUT2D eigenvalue weighted by Gasteiger charge is -2.21. The molecule has 1 N–H and O–H groups in total. The van der Waals surface area contributed by atoms with Gasteiger partial charge in [0.15, 0.2) is 0 Å². The SMILES string of the molecule is COc1cccc(CCc2nc(N3CCc4ccccc4CC3)ncc2C(=O)NS(=O)(=O)c2cccc(Cl)c2)c1. The van der Waals surface area contributed by atoms with Gasteiger partial charge in [0.05, 0.1) is 23.3 Å². The number of aryl methyl sites for hydroxylation is 2. The quantitative estimate of drug-likeness (QED) is 0.326. The Bertz CT molecular complexity index is 1620. The van der Waals surface area contributed by atoms with E-state index in [1.54, 1.807) is 13.2 Å². The standard InChI is InChI=1S/C30H29ClN4O4S/c1-39-25-10-4-6-21(18-25)12-13-28-27(29(36)34-40(37,38)26-11-5-9-24(31)19-26)20-32-30(33-28)35-16-14-22-7-2-3-8-23(22)15-17-35/h2-11,18-20H,12-17H2,1H3,(H,34,36). The van der Waals surface area contributed by atoms with E-state index in [4.69, 9.17) is 21.3 Å².